The number of carbonyl (C=O) groups excluding carboxylic acids is 2. The molecule has 2 heterocycles. The Bertz CT molecular complexity index is 1040. The van der Waals surface area contributed by atoms with Gasteiger partial charge < -0.3 is 9.80 Å². The van der Waals surface area contributed by atoms with Crippen LogP contribution in [0.4, 0.5) is 5.69 Å². The van der Waals surface area contributed by atoms with Crippen LogP contribution in [-0.2, 0) is 21.1 Å². The Hall–Kier alpha value is -2.32. The van der Waals surface area contributed by atoms with Crippen LogP contribution in [0.2, 0.25) is 0 Å². The van der Waals surface area contributed by atoms with E-state index in [9.17, 15) is 18.0 Å². The van der Waals surface area contributed by atoms with Crippen LogP contribution in [0.3, 0.4) is 0 Å². The Labute approximate surface area is 174 Å². The lowest BCUT2D eigenvalue weighted by molar-refractivity contribution is -0.116. The molecule has 2 aromatic rings. The summed E-state index contributed by atoms with van der Waals surface area (Å²) in [6.07, 6.45) is 0.861. The van der Waals surface area contributed by atoms with Crippen LogP contribution >= 0.6 is 11.8 Å². The van der Waals surface area contributed by atoms with E-state index < -0.39 is 9.84 Å². The maximum absolute atomic E-state index is 12.9. The second-order valence-corrected chi connectivity index (χ2v) is 10.5. The van der Waals surface area contributed by atoms with Gasteiger partial charge in [-0.2, -0.15) is 0 Å². The van der Waals surface area contributed by atoms with E-state index in [-0.39, 0.29) is 42.2 Å². The lowest BCUT2D eigenvalue weighted by Gasteiger charge is -2.27. The van der Waals surface area contributed by atoms with Crippen LogP contribution in [0.15, 0.2) is 53.4 Å². The van der Waals surface area contributed by atoms with E-state index in [1.807, 2.05) is 41.3 Å². The number of fused-ring (bicyclic) bond motifs is 1. The monoisotopic (exact) mass is 430 g/mol. The average Bonchev–Trinajstić information content (AvgIpc) is 3.16. The maximum Gasteiger partial charge on any atom is 0.255 e. The van der Waals surface area contributed by atoms with E-state index in [0.29, 0.717) is 12.1 Å². The lowest BCUT2D eigenvalue weighted by atomic mass is 10.2. The molecule has 29 heavy (non-hydrogen) atoms. The van der Waals surface area contributed by atoms with Crippen molar-refractivity contribution in [3.8, 4) is 0 Å². The van der Waals surface area contributed by atoms with Crippen LogP contribution in [0.5, 0.6) is 0 Å². The Morgan fingerprint density at radius 2 is 1.62 bits per heavy atom. The molecular weight excluding hydrogens is 408 g/mol. The Morgan fingerprint density at radius 3 is 2.41 bits per heavy atom. The van der Waals surface area contributed by atoms with E-state index in [4.69, 9.17) is 0 Å². The molecule has 0 saturated carbocycles. The third kappa shape index (κ3) is 4.33. The standard InChI is InChI=1S/C21H22N2O4S2/c24-20(23-10-9-16-5-1-3-7-18(16)23)15-28-19-8-4-2-6-17(19)21(25)22-11-13-29(26,27)14-12-22/h1-8H,9-15H2. The molecule has 0 radical (unpaired) electrons. The quantitative estimate of drug-likeness (QED) is 0.696. The number of thioether (sulfide) groups is 1. The van der Waals surface area contributed by atoms with Gasteiger partial charge in [-0.3, -0.25) is 9.59 Å². The summed E-state index contributed by atoms with van der Waals surface area (Å²) in [5.41, 5.74) is 2.67. The van der Waals surface area contributed by atoms with Gasteiger partial charge in [0.15, 0.2) is 9.84 Å². The summed E-state index contributed by atoms with van der Waals surface area (Å²) in [6.45, 7) is 1.11. The van der Waals surface area contributed by atoms with Crippen LogP contribution < -0.4 is 4.90 Å². The molecule has 2 aliphatic rings. The predicted octanol–water partition coefficient (Wildman–Crippen LogP) is 2.24. The molecule has 6 nitrogen and oxygen atoms in total. The van der Waals surface area contributed by atoms with Gasteiger partial charge in [-0.25, -0.2) is 8.42 Å². The SMILES string of the molecule is O=C(c1ccccc1SCC(=O)N1CCc2ccccc21)N1CCS(=O)(=O)CC1. The summed E-state index contributed by atoms with van der Waals surface area (Å²) in [4.78, 5) is 29.8. The van der Waals surface area contributed by atoms with Crippen molar-refractivity contribution in [1.82, 2.24) is 4.90 Å². The highest BCUT2D eigenvalue weighted by atomic mass is 32.2. The lowest BCUT2D eigenvalue weighted by Crippen LogP contribution is -2.43. The van der Waals surface area contributed by atoms with Gasteiger partial charge in [-0.15, -0.1) is 11.8 Å². The Balaban J connectivity index is 1.44. The molecular formula is C21H22N2O4S2. The summed E-state index contributed by atoms with van der Waals surface area (Å²) >= 11 is 1.35. The first kappa shape index (κ1) is 20.0. The third-order valence-electron chi connectivity index (χ3n) is 5.29. The van der Waals surface area contributed by atoms with E-state index in [1.54, 1.807) is 17.0 Å². The number of hydrogen-bond donors (Lipinski definition) is 0. The van der Waals surface area contributed by atoms with Gasteiger partial charge in [0.05, 0.1) is 22.8 Å². The van der Waals surface area contributed by atoms with Crippen molar-refractivity contribution in [3.05, 3.63) is 59.7 Å². The van der Waals surface area contributed by atoms with Crippen molar-refractivity contribution in [3.63, 3.8) is 0 Å². The highest BCUT2D eigenvalue weighted by Crippen LogP contribution is 2.30. The number of benzene rings is 2. The first-order valence-electron chi connectivity index (χ1n) is 9.54. The zero-order valence-corrected chi connectivity index (χ0v) is 17.5. The van der Waals surface area contributed by atoms with Crippen molar-refractivity contribution in [2.24, 2.45) is 0 Å². The van der Waals surface area contributed by atoms with Gasteiger partial charge in [0.25, 0.3) is 5.91 Å². The highest BCUT2D eigenvalue weighted by Gasteiger charge is 2.28. The number of amides is 2. The normalized spacial score (nSPS) is 17.8. The Morgan fingerprint density at radius 1 is 0.931 bits per heavy atom. The summed E-state index contributed by atoms with van der Waals surface area (Å²) in [6, 6.07) is 15.1. The summed E-state index contributed by atoms with van der Waals surface area (Å²) in [5.74, 6) is 0.0858. The predicted molar refractivity (Wildman–Crippen MR) is 114 cm³/mol. The number of nitrogens with zero attached hydrogens (tertiary/aromatic N) is 2. The molecule has 2 aliphatic heterocycles. The fourth-order valence-electron chi connectivity index (χ4n) is 3.67. The molecule has 0 aromatic heterocycles. The molecule has 2 aromatic carbocycles. The molecule has 0 bridgehead atoms. The topological polar surface area (TPSA) is 74.8 Å². The fraction of sp³-hybridized carbons (Fsp3) is 0.333. The van der Waals surface area contributed by atoms with E-state index in [2.05, 4.69) is 0 Å². The highest BCUT2D eigenvalue weighted by molar-refractivity contribution is 8.00. The zero-order valence-electron chi connectivity index (χ0n) is 15.9. The molecule has 0 spiro atoms. The van der Waals surface area contributed by atoms with Crippen molar-refractivity contribution >= 4 is 39.1 Å². The average molecular weight is 431 g/mol. The molecule has 0 aliphatic carbocycles. The van der Waals surface area contributed by atoms with Gasteiger partial charge in [-0.05, 0) is 30.2 Å². The Kier molecular flexibility index (Phi) is 5.65. The molecule has 2 amide bonds. The van der Waals surface area contributed by atoms with Gasteiger partial charge in [0.2, 0.25) is 5.91 Å². The van der Waals surface area contributed by atoms with Crippen LogP contribution in [-0.4, -0.2) is 62.0 Å². The van der Waals surface area contributed by atoms with Crippen molar-refractivity contribution in [2.75, 3.05) is 41.8 Å². The molecule has 0 atom stereocenters. The van der Waals surface area contributed by atoms with E-state index >= 15 is 0 Å². The van der Waals surface area contributed by atoms with Crippen LogP contribution in [0.1, 0.15) is 15.9 Å². The first-order chi connectivity index (χ1) is 13.9. The second-order valence-electron chi connectivity index (χ2n) is 7.15. The van der Waals surface area contributed by atoms with Crippen molar-refractivity contribution < 1.29 is 18.0 Å². The van der Waals surface area contributed by atoms with Gasteiger partial charge in [-0.1, -0.05) is 30.3 Å². The summed E-state index contributed by atoms with van der Waals surface area (Å²) < 4.78 is 23.3. The smallest absolute Gasteiger partial charge is 0.255 e. The van der Waals surface area contributed by atoms with E-state index in [0.717, 1.165) is 17.0 Å². The zero-order chi connectivity index (χ0) is 20.4. The molecule has 8 heteroatoms. The molecule has 1 fully saturated rings. The van der Waals surface area contributed by atoms with Crippen molar-refractivity contribution in [1.29, 1.82) is 0 Å². The number of para-hydroxylation sites is 1. The maximum atomic E-state index is 12.9. The second kappa shape index (κ2) is 8.20. The van der Waals surface area contributed by atoms with Gasteiger partial charge in [0, 0.05) is 30.2 Å². The molecule has 4 rings (SSSR count). The first-order valence-corrected chi connectivity index (χ1v) is 12.4. The van der Waals surface area contributed by atoms with Crippen LogP contribution in [0.25, 0.3) is 0 Å². The molecule has 152 valence electrons. The number of hydrogen-bond acceptors (Lipinski definition) is 5. The number of carbonyl (C=O) groups is 2. The van der Waals surface area contributed by atoms with Gasteiger partial charge >= 0.3 is 0 Å². The third-order valence-corrected chi connectivity index (χ3v) is 7.96. The van der Waals surface area contributed by atoms with Crippen LogP contribution in [0, 0.1) is 0 Å². The minimum Gasteiger partial charge on any atom is -0.337 e. The largest absolute Gasteiger partial charge is 0.337 e. The minimum absolute atomic E-state index is 0.000897. The number of anilines is 1. The molecule has 0 unspecified atom stereocenters. The number of sulfone groups is 1. The fourth-order valence-corrected chi connectivity index (χ4v) is 5.79. The summed E-state index contributed by atoms with van der Waals surface area (Å²) in [5, 5.41) is 0. The van der Waals surface area contributed by atoms with Crippen molar-refractivity contribution in [2.45, 2.75) is 11.3 Å². The summed E-state index contributed by atoms with van der Waals surface area (Å²) in [7, 11) is -3.05. The molecule has 1 saturated heterocycles. The molecule has 0 N–H and O–H groups in total. The van der Waals surface area contributed by atoms with E-state index in [1.165, 1.54) is 17.3 Å². The number of rotatable bonds is 4. The minimum atomic E-state index is -3.05. The van der Waals surface area contributed by atoms with Gasteiger partial charge in [0.1, 0.15) is 0 Å².